The molecule has 106 valence electrons. The number of carbonyl (C=O) groups excluding carboxylic acids is 1. The minimum atomic E-state index is -0.101. The molecule has 0 atom stereocenters. The Balaban J connectivity index is 2.12. The van der Waals surface area contributed by atoms with Gasteiger partial charge in [-0.1, -0.05) is 11.8 Å². The van der Waals surface area contributed by atoms with Gasteiger partial charge in [0, 0.05) is 43.9 Å². The quantitative estimate of drug-likeness (QED) is 0.853. The number of hydrogen-bond donors (Lipinski definition) is 1. The van der Waals surface area contributed by atoms with Crippen LogP contribution in [0, 0.1) is 11.8 Å². The SMILES string of the molecule is CN(Cc1ccncc1)C(=O)c1cncc(C#CCN)c1. The summed E-state index contributed by atoms with van der Waals surface area (Å²) in [7, 11) is 1.75. The van der Waals surface area contributed by atoms with Gasteiger partial charge in [0.1, 0.15) is 0 Å². The van der Waals surface area contributed by atoms with E-state index < -0.39 is 0 Å². The second-order valence-electron chi connectivity index (χ2n) is 4.48. The highest BCUT2D eigenvalue weighted by Crippen LogP contribution is 2.08. The van der Waals surface area contributed by atoms with Crippen LogP contribution < -0.4 is 5.73 Å². The van der Waals surface area contributed by atoms with Crippen molar-refractivity contribution >= 4 is 5.91 Å². The molecule has 2 rings (SSSR count). The average molecular weight is 280 g/mol. The Morgan fingerprint density at radius 2 is 2.05 bits per heavy atom. The van der Waals surface area contributed by atoms with Crippen molar-refractivity contribution in [2.75, 3.05) is 13.6 Å². The molecule has 5 heteroatoms. The van der Waals surface area contributed by atoms with E-state index in [1.165, 1.54) is 0 Å². The van der Waals surface area contributed by atoms with Crippen molar-refractivity contribution in [1.29, 1.82) is 0 Å². The normalized spacial score (nSPS) is 9.62. The standard InChI is InChI=1S/C16H16N4O/c1-20(12-13-4-7-18-8-5-13)16(21)15-9-14(3-2-6-17)10-19-11-15/h4-5,7-11H,6,12,17H2,1H3. The Morgan fingerprint density at radius 3 is 2.76 bits per heavy atom. The van der Waals surface area contributed by atoms with Crippen molar-refractivity contribution < 1.29 is 4.79 Å². The van der Waals surface area contributed by atoms with Gasteiger partial charge in [0.2, 0.25) is 0 Å². The van der Waals surface area contributed by atoms with Crippen LogP contribution in [0.4, 0.5) is 0 Å². The highest BCUT2D eigenvalue weighted by Gasteiger charge is 2.12. The number of pyridine rings is 2. The summed E-state index contributed by atoms with van der Waals surface area (Å²) in [5, 5.41) is 0. The molecular formula is C16H16N4O. The van der Waals surface area contributed by atoms with Crippen LogP contribution in [-0.4, -0.2) is 34.4 Å². The molecular weight excluding hydrogens is 264 g/mol. The van der Waals surface area contributed by atoms with Gasteiger partial charge in [0.05, 0.1) is 12.1 Å². The molecule has 2 N–H and O–H groups in total. The maximum atomic E-state index is 12.4. The third-order valence-electron chi connectivity index (χ3n) is 2.84. The molecule has 0 unspecified atom stereocenters. The van der Waals surface area contributed by atoms with E-state index in [2.05, 4.69) is 21.8 Å². The summed E-state index contributed by atoms with van der Waals surface area (Å²) in [6.07, 6.45) is 6.57. The van der Waals surface area contributed by atoms with Crippen LogP contribution >= 0.6 is 0 Å². The Kier molecular flexibility index (Phi) is 5.02. The predicted molar refractivity (Wildman–Crippen MR) is 80.2 cm³/mol. The van der Waals surface area contributed by atoms with Crippen molar-refractivity contribution in [2.45, 2.75) is 6.54 Å². The van der Waals surface area contributed by atoms with Crippen molar-refractivity contribution in [2.24, 2.45) is 5.73 Å². The van der Waals surface area contributed by atoms with Gasteiger partial charge in [-0.3, -0.25) is 14.8 Å². The van der Waals surface area contributed by atoms with Crippen molar-refractivity contribution in [3.8, 4) is 11.8 Å². The van der Waals surface area contributed by atoms with Crippen molar-refractivity contribution in [3.05, 3.63) is 59.7 Å². The van der Waals surface area contributed by atoms with E-state index in [1.54, 1.807) is 42.8 Å². The van der Waals surface area contributed by atoms with Crippen molar-refractivity contribution in [1.82, 2.24) is 14.9 Å². The summed E-state index contributed by atoms with van der Waals surface area (Å²) in [6.45, 7) is 0.792. The van der Waals surface area contributed by atoms with Gasteiger partial charge in [0.15, 0.2) is 0 Å². The van der Waals surface area contributed by atoms with Crippen LogP contribution in [0.3, 0.4) is 0 Å². The van der Waals surface area contributed by atoms with E-state index in [-0.39, 0.29) is 12.5 Å². The minimum Gasteiger partial charge on any atom is -0.337 e. The number of aromatic nitrogens is 2. The first-order valence-corrected chi connectivity index (χ1v) is 6.49. The van der Waals surface area contributed by atoms with Gasteiger partial charge in [-0.15, -0.1) is 0 Å². The average Bonchev–Trinajstić information content (AvgIpc) is 2.53. The molecule has 0 bridgehead atoms. The van der Waals surface area contributed by atoms with E-state index in [1.807, 2.05) is 12.1 Å². The lowest BCUT2D eigenvalue weighted by Crippen LogP contribution is -2.26. The van der Waals surface area contributed by atoms with Crippen LogP contribution in [0.15, 0.2) is 43.0 Å². The summed E-state index contributed by atoms with van der Waals surface area (Å²) in [4.78, 5) is 22.0. The largest absolute Gasteiger partial charge is 0.337 e. The first kappa shape index (κ1) is 14.7. The topological polar surface area (TPSA) is 72.1 Å². The second-order valence-corrected chi connectivity index (χ2v) is 4.48. The highest BCUT2D eigenvalue weighted by atomic mass is 16.2. The molecule has 0 saturated heterocycles. The first-order valence-electron chi connectivity index (χ1n) is 6.49. The van der Waals surface area contributed by atoms with Crippen LogP contribution in [0.2, 0.25) is 0 Å². The summed E-state index contributed by atoms with van der Waals surface area (Å²) >= 11 is 0. The molecule has 2 aromatic rings. The third kappa shape index (κ3) is 4.13. The predicted octanol–water partition coefficient (Wildman–Crippen LogP) is 1.06. The zero-order valence-electron chi connectivity index (χ0n) is 11.8. The zero-order chi connectivity index (χ0) is 15.1. The highest BCUT2D eigenvalue weighted by molar-refractivity contribution is 5.94. The molecule has 1 amide bonds. The molecule has 21 heavy (non-hydrogen) atoms. The van der Waals surface area contributed by atoms with Gasteiger partial charge >= 0.3 is 0 Å². The summed E-state index contributed by atoms with van der Waals surface area (Å²) < 4.78 is 0. The van der Waals surface area contributed by atoms with E-state index in [4.69, 9.17) is 5.73 Å². The summed E-state index contributed by atoms with van der Waals surface area (Å²) in [5.74, 6) is 5.52. The Bertz CT molecular complexity index is 673. The van der Waals surface area contributed by atoms with Crippen LogP contribution in [0.1, 0.15) is 21.5 Å². The molecule has 0 aliphatic rings. The Morgan fingerprint density at radius 1 is 1.29 bits per heavy atom. The van der Waals surface area contributed by atoms with Crippen molar-refractivity contribution in [3.63, 3.8) is 0 Å². The summed E-state index contributed by atoms with van der Waals surface area (Å²) in [6, 6.07) is 5.48. The fraction of sp³-hybridized carbons (Fsp3) is 0.188. The van der Waals surface area contributed by atoms with E-state index in [0.29, 0.717) is 17.7 Å². The lowest BCUT2D eigenvalue weighted by atomic mass is 10.1. The fourth-order valence-electron chi connectivity index (χ4n) is 1.83. The van der Waals surface area contributed by atoms with Gasteiger partial charge in [-0.05, 0) is 23.8 Å². The number of nitrogens with zero attached hydrogens (tertiary/aromatic N) is 3. The van der Waals surface area contributed by atoms with Gasteiger partial charge in [0.25, 0.3) is 5.91 Å². The molecule has 0 radical (unpaired) electrons. The Hall–Kier alpha value is -2.71. The molecule has 0 aliphatic heterocycles. The maximum Gasteiger partial charge on any atom is 0.255 e. The van der Waals surface area contributed by atoms with Gasteiger partial charge in [-0.25, -0.2) is 0 Å². The lowest BCUT2D eigenvalue weighted by Gasteiger charge is -2.17. The van der Waals surface area contributed by atoms with E-state index in [0.717, 1.165) is 5.56 Å². The first-order chi connectivity index (χ1) is 10.2. The van der Waals surface area contributed by atoms with E-state index >= 15 is 0 Å². The zero-order valence-corrected chi connectivity index (χ0v) is 11.8. The van der Waals surface area contributed by atoms with Gasteiger partial charge < -0.3 is 10.6 Å². The van der Waals surface area contributed by atoms with Crippen LogP contribution in [0.5, 0.6) is 0 Å². The number of rotatable bonds is 3. The maximum absolute atomic E-state index is 12.4. The number of carbonyl (C=O) groups is 1. The molecule has 5 nitrogen and oxygen atoms in total. The summed E-state index contributed by atoms with van der Waals surface area (Å²) in [5.41, 5.74) is 7.55. The monoisotopic (exact) mass is 280 g/mol. The molecule has 0 saturated carbocycles. The second kappa shape index (κ2) is 7.17. The molecule has 0 fully saturated rings. The Labute approximate surface area is 123 Å². The molecule has 0 spiro atoms. The fourth-order valence-corrected chi connectivity index (χ4v) is 1.83. The van der Waals surface area contributed by atoms with Crippen LogP contribution in [0.25, 0.3) is 0 Å². The molecule has 2 heterocycles. The smallest absolute Gasteiger partial charge is 0.255 e. The molecule has 2 aromatic heterocycles. The van der Waals surface area contributed by atoms with Crippen LogP contribution in [-0.2, 0) is 6.54 Å². The molecule has 0 aliphatic carbocycles. The number of nitrogens with two attached hydrogens (primary N) is 1. The number of amides is 1. The van der Waals surface area contributed by atoms with Gasteiger partial charge in [-0.2, -0.15) is 0 Å². The minimum absolute atomic E-state index is 0.101. The third-order valence-corrected chi connectivity index (χ3v) is 2.84. The number of hydrogen-bond acceptors (Lipinski definition) is 4. The van der Waals surface area contributed by atoms with E-state index in [9.17, 15) is 4.79 Å². The lowest BCUT2D eigenvalue weighted by molar-refractivity contribution is 0.0784. The molecule has 0 aromatic carbocycles.